The maximum absolute atomic E-state index is 13.7. The fourth-order valence-corrected chi connectivity index (χ4v) is 2.95. The van der Waals surface area contributed by atoms with Gasteiger partial charge in [-0.25, -0.2) is 21.9 Å². The molecule has 2 rings (SSSR count). The molecule has 2 aromatic rings. The van der Waals surface area contributed by atoms with Crippen LogP contribution < -0.4 is 10.5 Å². The molecule has 0 saturated carbocycles. The van der Waals surface area contributed by atoms with Crippen LogP contribution in [-0.2, 0) is 10.0 Å². The van der Waals surface area contributed by atoms with E-state index in [2.05, 4.69) is 4.72 Å². The third-order valence-corrected chi connectivity index (χ3v) is 4.24. The second-order valence-corrected chi connectivity index (χ2v) is 5.81. The van der Waals surface area contributed by atoms with Crippen LogP contribution in [0, 0.1) is 11.6 Å². The van der Waals surface area contributed by atoms with Crippen molar-refractivity contribution in [1.29, 1.82) is 0 Å². The summed E-state index contributed by atoms with van der Waals surface area (Å²) < 4.78 is 58.2. The molecule has 108 valence electrons. The van der Waals surface area contributed by atoms with E-state index in [1.807, 2.05) is 0 Å². The van der Waals surface area contributed by atoms with Gasteiger partial charge < -0.3 is 10.2 Å². The lowest BCUT2D eigenvalue weighted by Crippen LogP contribution is -2.27. The summed E-state index contributed by atoms with van der Waals surface area (Å²) in [7, 11) is -4.19. The van der Waals surface area contributed by atoms with Crippen LogP contribution in [-0.4, -0.2) is 8.42 Å². The number of hydrogen-bond acceptors (Lipinski definition) is 4. The average Bonchev–Trinajstić information content (AvgIpc) is 2.89. The number of nitrogens with one attached hydrogen (secondary N) is 1. The number of nitrogens with two attached hydrogens (primary N) is 1. The van der Waals surface area contributed by atoms with Crippen LogP contribution in [0.15, 0.2) is 39.8 Å². The Morgan fingerprint density at radius 3 is 2.60 bits per heavy atom. The van der Waals surface area contributed by atoms with Crippen molar-refractivity contribution in [3.63, 3.8) is 0 Å². The first-order chi connectivity index (χ1) is 9.33. The van der Waals surface area contributed by atoms with E-state index < -0.39 is 38.3 Å². The van der Waals surface area contributed by atoms with Crippen molar-refractivity contribution in [2.24, 2.45) is 0 Å². The van der Waals surface area contributed by atoms with Gasteiger partial charge in [-0.15, -0.1) is 0 Å². The number of anilines is 1. The predicted octanol–water partition coefficient (Wildman–Crippen LogP) is 2.18. The summed E-state index contributed by atoms with van der Waals surface area (Å²) in [6, 6.07) is 4.07. The lowest BCUT2D eigenvalue weighted by molar-refractivity contribution is 0.458. The Labute approximate surface area is 114 Å². The molecular formula is C12H12F2N2O3S. The number of hydrogen-bond donors (Lipinski definition) is 2. The first-order valence-corrected chi connectivity index (χ1v) is 7.10. The van der Waals surface area contributed by atoms with Gasteiger partial charge in [-0.1, -0.05) is 0 Å². The van der Waals surface area contributed by atoms with Crippen LogP contribution in [0.2, 0.25) is 0 Å². The highest BCUT2D eigenvalue weighted by Gasteiger charge is 2.25. The highest BCUT2D eigenvalue weighted by Crippen LogP contribution is 2.24. The molecule has 0 spiro atoms. The van der Waals surface area contributed by atoms with Crippen LogP contribution in [0.3, 0.4) is 0 Å². The second-order valence-electron chi connectivity index (χ2n) is 4.13. The minimum Gasteiger partial charge on any atom is -0.468 e. The lowest BCUT2D eigenvalue weighted by atomic mass is 10.3. The van der Waals surface area contributed by atoms with Crippen LogP contribution in [0.25, 0.3) is 0 Å². The van der Waals surface area contributed by atoms with Crippen LogP contribution in [0.5, 0.6) is 0 Å². The van der Waals surface area contributed by atoms with Crippen molar-refractivity contribution in [2.45, 2.75) is 17.9 Å². The fourth-order valence-electron chi connectivity index (χ4n) is 1.65. The number of halogens is 2. The van der Waals surface area contributed by atoms with Crippen molar-refractivity contribution < 1.29 is 21.6 Å². The zero-order valence-electron chi connectivity index (χ0n) is 10.4. The Hall–Kier alpha value is -1.93. The molecule has 0 aliphatic rings. The Balaban J connectivity index is 2.34. The van der Waals surface area contributed by atoms with Gasteiger partial charge in [0.1, 0.15) is 22.2 Å². The summed E-state index contributed by atoms with van der Waals surface area (Å²) in [5.74, 6) is -1.96. The van der Waals surface area contributed by atoms with Gasteiger partial charge in [-0.2, -0.15) is 0 Å². The maximum atomic E-state index is 13.7. The van der Waals surface area contributed by atoms with E-state index in [-0.39, 0.29) is 0 Å². The normalized spacial score (nSPS) is 13.3. The quantitative estimate of drug-likeness (QED) is 0.848. The summed E-state index contributed by atoms with van der Waals surface area (Å²) in [6.45, 7) is 1.53. The molecule has 1 aromatic carbocycles. The molecule has 0 saturated heterocycles. The highest BCUT2D eigenvalue weighted by atomic mass is 32.2. The maximum Gasteiger partial charge on any atom is 0.244 e. The number of sulfonamides is 1. The zero-order chi connectivity index (χ0) is 14.9. The summed E-state index contributed by atoms with van der Waals surface area (Å²) in [4.78, 5) is -0.713. The largest absolute Gasteiger partial charge is 0.468 e. The van der Waals surface area contributed by atoms with E-state index in [0.29, 0.717) is 5.76 Å². The monoisotopic (exact) mass is 302 g/mol. The molecular weight excluding hydrogens is 290 g/mol. The van der Waals surface area contributed by atoms with Crippen molar-refractivity contribution >= 4 is 15.7 Å². The van der Waals surface area contributed by atoms with E-state index in [0.717, 1.165) is 12.1 Å². The summed E-state index contributed by atoms with van der Waals surface area (Å²) in [5.41, 5.74) is 4.31. The van der Waals surface area contributed by atoms with Gasteiger partial charge in [0.15, 0.2) is 5.82 Å². The third kappa shape index (κ3) is 2.66. The SMILES string of the molecule is CC(NS(=O)(=O)c1ccc(F)c(N)c1F)c1ccco1. The Morgan fingerprint density at radius 1 is 1.30 bits per heavy atom. The standard InChI is InChI=1S/C12H12F2N2O3S/c1-7(9-3-2-6-19-9)16-20(17,18)10-5-4-8(13)12(15)11(10)14/h2-7,16H,15H2,1H3. The summed E-state index contributed by atoms with van der Waals surface area (Å²) in [5, 5.41) is 0. The lowest BCUT2D eigenvalue weighted by Gasteiger charge is -2.13. The Bertz CT molecular complexity index is 715. The van der Waals surface area contributed by atoms with E-state index in [1.54, 1.807) is 12.1 Å². The van der Waals surface area contributed by atoms with Crippen molar-refractivity contribution in [2.75, 3.05) is 5.73 Å². The molecule has 1 atom stereocenters. The van der Waals surface area contributed by atoms with Gasteiger partial charge in [0.05, 0.1) is 12.3 Å². The minimum absolute atomic E-state index is 0.365. The van der Waals surface area contributed by atoms with Gasteiger partial charge in [-0.05, 0) is 31.2 Å². The number of rotatable bonds is 4. The van der Waals surface area contributed by atoms with E-state index >= 15 is 0 Å². The molecule has 5 nitrogen and oxygen atoms in total. The van der Waals surface area contributed by atoms with Crippen LogP contribution in [0.4, 0.5) is 14.5 Å². The molecule has 0 fully saturated rings. The first-order valence-electron chi connectivity index (χ1n) is 5.62. The fraction of sp³-hybridized carbons (Fsp3) is 0.167. The summed E-state index contributed by atoms with van der Waals surface area (Å²) in [6.07, 6.45) is 1.39. The van der Waals surface area contributed by atoms with Crippen molar-refractivity contribution in [1.82, 2.24) is 4.72 Å². The van der Waals surface area contributed by atoms with Gasteiger partial charge >= 0.3 is 0 Å². The van der Waals surface area contributed by atoms with E-state index in [1.165, 1.54) is 13.2 Å². The molecule has 0 bridgehead atoms. The Kier molecular flexibility index (Phi) is 3.78. The number of furan rings is 1. The predicted molar refractivity (Wildman–Crippen MR) is 68.2 cm³/mol. The van der Waals surface area contributed by atoms with Crippen molar-refractivity contribution in [3.05, 3.63) is 47.9 Å². The molecule has 3 N–H and O–H groups in total. The Morgan fingerprint density at radius 2 is 2.00 bits per heavy atom. The zero-order valence-corrected chi connectivity index (χ0v) is 11.2. The molecule has 1 heterocycles. The molecule has 0 radical (unpaired) electrons. The molecule has 1 unspecified atom stereocenters. The number of benzene rings is 1. The smallest absolute Gasteiger partial charge is 0.244 e. The first kappa shape index (κ1) is 14.5. The van der Waals surface area contributed by atoms with Gasteiger partial charge in [0, 0.05) is 0 Å². The van der Waals surface area contributed by atoms with E-state index in [4.69, 9.17) is 10.2 Å². The van der Waals surface area contributed by atoms with Gasteiger partial charge in [-0.3, -0.25) is 0 Å². The molecule has 0 aliphatic carbocycles. The van der Waals surface area contributed by atoms with Crippen molar-refractivity contribution in [3.8, 4) is 0 Å². The van der Waals surface area contributed by atoms with Gasteiger partial charge in [0.25, 0.3) is 0 Å². The minimum atomic E-state index is -4.19. The number of nitrogen functional groups attached to an aromatic ring is 1. The molecule has 20 heavy (non-hydrogen) atoms. The van der Waals surface area contributed by atoms with Crippen LogP contribution >= 0.6 is 0 Å². The van der Waals surface area contributed by atoms with Crippen LogP contribution in [0.1, 0.15) is 18.7 Å². The molecule has 1 aromatic heterocycles. The molecule has 0 amide bonds. The topological polar surface area (TPSA) is 85.3 Å². The average molecular weight is 302 g/mol. The third-order valence-electron chi connectivity index (χ3n) is 2.68. The summed E-state index contributed by atoms with van der Waals surface area (Å²) >= 11 is 0. The molecule has 8 heteroatoms. The van der Waals surface area contributed by atoms with E-state index in [9.17, 15) is 17.2 Å². The van der Waals surface area contributed by atoms with Gasteiger partial charge in [0.2, 0.25) is 10.0 Å². The molecule has 0 aliphatic heterocycles. The highest BCUT2D eigenvalue weighted by molar-refractivity contribution is 7.89. The second kappa shape index (κ2) is 5.22.